The summed E-state index contributed by atoms with van der Waals surface area (Å²) in [5.74, 6) is 0.0793. The summed E-state index contributed by atoms with van der Waals surface area (Å²) in [6.45, 7) is 3.29. The van der Waals surface area contributed by atoms with Crippen molar-refractivity contribution in [1.29, 1.82) is 0 Å². The first-order chi connectivity index (χ1) is 8.24. The summed E-state index contributed by atoms with van der Waals surface area (Å²) < 4.78 is 4.93. The average molecular weight is 240 g/mol. The molecule has 2 N–H and O–H groups in total. The Morgan fingerprint density at radius 1 is 1.53 bits per heavy atom. The van der Waals surface area contributed by atoms with Crippen molar-refractivity contribution in [1.82, 2.24) is 10.6 Å². The monoisotopic (exact) mass is 240 g/mol. The van der Waals surface area contributed by atoms with Crippen LogP contribution in [0.4, 0.5) is 0 Å². The lowest BCUT2D eigenvalue weighted by atomic mass is 10.0. The smallest absolute Gasteiger partial charge is 0.236 e. The maximum atomic E-state index is 11.7. The third-order valence-corrected chi connectivity index (χ3v) is 2.97. The van der Waals surface area contributed by atoms with Gasteiger partial charge in [0.1, 0.15) is 0 Å². The molecule has 0 heterocycles. The molecule has 4 nitrogen and oxygen atoms in total. The number of hydrogen-bond donors (Lipinski definition) is 2. The Morgan fingerprint density at radius 2 is 2.35 bits per heavy atom. The van der Waals surface area contributed by atoms with Crippen molar-refractivity contribution in [3.05, 3.63) is 12.2 Å². The highest BCUT2D eigenvalue weighted by Crippen LogP contribution is 2.10. The van der Waals surface area contributed by atoms with E-state index in [0.717, 1.165) is 25.7 Å². The minimum Gasteiger partial charge on any atom is -0.385 e. The van der Waals surface area contributed by atoms with Gasteiger partial charge in [-0.3, -0.25) is 4.79 Å². The van der Waals surface area contributed by atoms with Gasteiger partial charge >= 0.3 is 0 Å². The minimum atomic E-state index is -0.117. The number of hydrogen-bond acceptors (Lipinski definition) is 3. The Hall–Kier alpha value is -0.870. The van der Waals surface area contributed by atoms with Gasteiger partial charge in [-0.25, -0.2) is 0 Å². The molecule has 2 unspecified atom stereocenters. The quantitative estimate of drug-likeness (QED) is 0.520. The molecule has 0 bridgehead atoms. The number of ether oxygens (including phenoxy) is 1. The summed E-state index contributed by atoms with van der Waals surface area (Å²) in [5.41, 5.74) is 0. The second-order valence-electron chi connectivity index (χ2n) is 4.51. The molecular formula is C13H24N2O2. The number of carbonyl (C=O) groups excluding carboxylic acids is 1. The zero-order valence-electron chi connectivity index (χ0n) is 10.9. The van der Waals surface area contributed by atoms with Crippen molar-refractivity contribution >= 4 is 5.91 Å². The number of allylic oxidation sites excluding steroid dienone is 1. The Kier molecular flexibility index (Phi) is 6.89. The van der Waals surface area contributed by atoms with Gasteiger partial charge in [-0.1, -0.05) is 12.2 Å². The third kappa shape index (κ3) is 5.84. The maximum absolute atomic E-state index is 11.7. The number of amides is 1. The summed E-state index contributed by atoms with van der Waals surface area (Å²) in [5, 5.41) is 6.27. The highest BCUT2D eigenvalue weighted by Gasteiger charge is 2.17. The van der Waals surface area contributed by atoms with Crippen LogP contribution in [0.15, 0.2) is 12.2 Å². The van der Waals surface area contributed by atoms with E-state index in [2.05, 4.69) is 22.8 Å². The van der Waals surface area contributed by atoms with E-state index in [4.69, 9.17) is 4.74 Å². The van der Waals surface area contributed by atoms with Crippen molar-refractivity contribution < 1.29 is 9.53 Å². The molecule has 2 atom stereocenters. The van der Waals surface area contributed by atoms with Gasteiger partial charge in [-0.2, -0.15) is 0 Å². The van der Waals surface area contributed by atoms with E-state index >= 15 is 0 Å². The van der Waals surface area contributed by atoms with Crippen LogP contribution in [0.2, 0.25) is 0 Å². The molecule has 1 aliphatic rings. The molecule has 1 amide bonds. The van der Waals surface area contributed by atoms with Crippen LogP contribution in [0.5, 0.6) is 0 Å². The van der Waals surface area contributed by atoms with Crippen LogP contribution >= 0.6 is 0 Å². The van der Waals surface area contributed by atoms with Crippen LogP contribution in [0.25, 0.3) is 0 Å². The lowest BCUT2D eigenvalue weighted by molar-refractivity contribution is -0.123. The average Bonchev–Trinajstić information content (AvgIpc) is 2.35. The Balaban J connectivity index is 2.15. The van der Waals surface area contributed by atoms with E-state index in [1.807, 2.05) is 6.92 Å². The second-order valence-corrected chi connectivity index (χ2v) is 4.51. The van der Waals surface area contributed by atoms with E-state index in [1.165, 1.54) is 0 Å². The van der Waals surface area contributed by atoms with E-state index in [0.29, 0.717) is 19.2 Å². The molecule has 98 valence electrons. The third-order valence-electron chi connectivity index (χ3n) is 2.97. The molecule has 0 aromatic heterocycles. The molecule has 0 aromatic rings. The standard InChI is InChI=1S/C13H24N2O2/c1-11(13(16)14-9-6-10-17-2)15-12-7-4-3-5-8-12/h3-4,11-12,15H,5-10H2,1-2H3,(H,14,16). The Bertz CT molecular complexity index is 254. The molecule has 0 radical (unpaired) electrons. The summed E-state index contributed by atoms with van der Waals surface area (Å²) in [6.07, 6.45) is 8.51. The number of methoxy groups -OCH3 is 1. The molecular weight excluding hydrogens is 216 g/mol. The minimum absolute atomic E-state index is 0.0793. The van der Waals surface area contributed by atoms with Gasteiger partial charge < -0.3 is 15.4 Å². The normalized spacial score (nSPS) is 21.2. The molecule has 0 fully saturated rings. The van der Waals surface area contributed by atoms with Crippen molar-refractivity contribution in [2.24, 2.45) is 0 Å². The van der Waals surface area contributed by atoms with Crippen LogP contribution in [-0.2, 0) is 9.53 Å². The van der Waals surface area contributed by atoms with Crippen LogP contribution in [0, 0.1) is 0 Å². The van der Waals surface area contributed by atoms with Gasteiger partial charge in [0.2, 0.25) is 5.91 Å². The molecule has 0 saturated carbocycles. The van der Waals surface area contributed by atoms with Crippen molar-refractivity contribution in [2.75, 3.05) is 20.3 Å². The maximum Gasteiger partial charge on any atom is 0.236 e. The SMILES string of the molecule is COCCCNC(=O)C(C)NC1CC=CCC1. The first kappa shape index (κ1) is 14.2. The predicted molar refractivity (Wildman–Crippen MR) is 68.9 cm³/mol. The van der Waals surface area contributed by atoms with E-state index in [9.17, 15) is 4.79 Å². The number of carbonyl (C=O) groups is 1. The fourth-order valence-electron chi connectivity index (χ4n) is 1.96. The molecule has 0 aromatic carbocycles. The van der Waals surface area contributed by atoms with E-state index < -0.39 is 0 Å². The van der Waals surface area contributed by atoms with Crippen molar-refractivity contribution in [3.8, 4) is 0 Å². The van der Waals surface area contributed by atoms with Gasteiger partial charge in [-0.05, 0) is 32.6 Å². The van der Waals surface area contributed by atoms with E-state index in [1.54, 1.807) is 7.11 Å². The van der Waals surface area contributed by atoms with E-state index in [-0.39, 0.29) is 11.9 Å². The number of nitrogens with one attached hydrogen (secondary N) is 2. The lowest BCUT2D eigenvalue weighted by Crippen LogP contribution is -2.47. The molecule has 0 aliphatic heterocycles. The largest absolute Gasteiger partial charge is 0.385 e. The molecule has 0 saturated heterocycles. The molecule has 1 aliphatic carbocycles. The Morgan fingerprint density at radius 3 is 3.00 bits per heavy atom. The summed E-state index contributed by atoms with van der Waals surface area (Å²) in [4.78, 5) is 11.7. The molecule has 0 spiro atoms. The molecule has 1 rings (SSSR count). The summed E-state index contributed by atoms with van der Waals surface area (Å²) in [6, 6.07) is 0.328. The zero-order valence-corrected chi connectivity index (χ0v) is 10.9. The van der Waals surface area contributed by atoms with Gasteiger partial charge in [0.25, 0.3) is 0 Å². The fourth-order valence-corrected chi connectivity index (χ4v) is 1.96. The van der Waals surface area contributed by atoms with Crippen LogP contribution in [0.1, 0.15) is 32.6 Å². The Labute approximate surface area is 104 Å². The van der Waals surface area contributed by atoms with Crippen molar-refractivity contribution in [2.45, 2.75) is 44.7 Å². The van der Waals surface area contributed by atoms with Crippen LogP contribution in [0.3, 0.4) is 0 Å². The zero-order chi connectivity index (χ0) is 12.5. The topological polar surface area (TPSA) is 50.4 Å². The highest BCUT2D eigenvalue weighted by atomic mass is 16.5. The molecule has 17 heavy (non-hydrogen) atoms. The highest BCUT2D eigenvalue weighted by molar-refractivity contribution is 5.81. The van der Waals surface area contributed by atoms with Gasteiger partial charge in [-0.15, -0.1) is 0 Å². The lowest BCUT2D eigenvalue weighted by Gasteiger charge is -2.23. The molecule has 4 heteroatoms. The predicted octanol–water partition coefficient (Wildman–Crippen LogP) is 1.23. The first-order valence-corrected chi connectivity index (χ1v) is 6.41. The summed E-state index contributed by atoms with van der Waals surface area (Å²) in [7, 11) is 1.67. The second kappa shape index (κ2) is 8.25. The fraction of sp³-hybridized carbons (Fsp3) is 0.769. The van der Waals surface area contributed by atoms with Gasteiger partial charge in [0.15, 0.2) is 0 Å². The van der Waals surface area contributed by atoms with Gasteiger partial charge in [0, 0.05) is 26.3 Å². The van der Waals surface area contributed by atoms with Gasteiger partial charge in [0.05, 0.1) is 6.04 Å². The van der Waals surface area contributed by atoms with Crippen LogP contribution < -0.4 is 10.6 Å². The summed E-state index contributed by atoms with van der Waals surface area (Å²) >= 11 is 0. The first-order valence-electron chi connectivity index (χ1n) is 6.41. The number of rotatable bonds is 7. The van der Waals surface area contributed by atoms with Crippen molar-refractivity contribution in [3.63, 3.8) is 0 Å². The van der Waals surface area contributed by atoms with Crippen LogP contribution in [-0.4, -0.2) is 38.3 Å².